The van der Waals surface area contributed by atoms with Gasteiger partial charge in [0.05, 0.1) is 12.7 Å². The number of hydrogen-bond acceptors (Lipinski definition) is 1. The molecular formula is C12H22O. The molecule has 0 aromatic carbocycles. The van der Waals surface area contributed by atoms with E-state index >= 15 is 0 Å². The molecule has 0 radical (unpaired) electrons. The van der Waals surface area contributed by atoms with Crippen LogP contribution in [0.15, 0.2) is 11.6 Å². The Hall–Kier alpha value is -0.300. The maximum atomic E-state index is 5.86. The zero-order valence-corrected chi connectivity index (χ0v) is 9.18. The minimum Gasteiger partial charge on any atom is -0.373 e. The molecule has 0 amide bonds. The summed E-state index contributed by atoms with van der Waals surface area (Å²) in [5.74, 6) is 0.670. The topological polar surface area (TPSA) is 9.23 Å². The first kappa shape index (κ1) is 10.8. The lowest BCUT2D eigenvalue weighted by Crippen LogP contribution is -2.27. The van der Waals surface area contributed by atoms with Gasteiger partial charge in [-0.3, -0.25) is 0 Å². The van der Waals surface area contributed by atoms with Gasteiger partial charge in [-0.2, -0.15) is 0 Å². The molecule has 2 atom stereocenters. The van der Waals surface area contributed by atoms with Crippen LogP contribution < -0.4 is 0 Å². The van der Waals surface area contributed by atoms with Gasteiger partial charge in [-0.25, -0.2) is 0 Å². The van der Waals surface area contributed by atoms with Gasteiger partial charge < -0.3 is 4.74 Å². The van der Waals surface area contributed by atoms with E-state index in [1.807, 2.05) is 0 Å². The molecule has 0 bridgehead atoms. The second-order valence-corrected chi connectivity index (χ2v) is 3.89. The molecule has 2 unspecified atom stereocenters. The smallest absolute Gasteiger partial charge is 0.0680 e. The quantitative estimate of drug-likeness (QED) is 0.604. The minimum absolute atomic E-state index is 0.491. The van der Waals surface area contributed by atoms with E-state index < -0.39 is 0 Å². The van der Waals surface area contributed by atoms with Gasteiger partial charge >= 0.3 is 0 Å². The van der Waals surface area contributed by atoms with Crippen LogP contribution in [0.3, 0.4) is 0 Å². The zero-order valence-electron chi connectivity index (χ0n) is 9.18. The van der Waals surface area contributed by atoms with Crippen LogP contribution in [0.5, 0.6) is 0 Å². The summed E-state index contributed by atoms with van der Waals surface area (Å²) in [5, 5.41) is 0. The van der Waals surface area contributed by atoms with Crippen molar-refractivity contribution in [1.82, 2.24) is 0 Å². The Balaban J connectivity index is 2.56. The van der Waals surface area contributed by atoms with Crippen molar-refractivity contribution in [2.24, 2.45) is 5.92 Å². The van der Waals surface area contributed by atoms with Crippen molar-refractivity contribution >= 4 is 0 Å². The Kier molecular flexibility index (Phi) is 4.51. The average molecular weight is 182 g/mol. The predicted octanol–water partition coefficient (Wildman–Crippen LogP) is 3.55. The fourth-order valence-corrected chi connectivity index (χ4v) is 1.98. The van der Waals surface area contributed by atoms with E-state index in [9.17, 15) is 0 Å². The van der Waals surface area contributed by atoms with Gasteiger partial charge in [-0.1, -0.05) is 33.3 Å². The van der Waals surface area contributed by atoms with E-state index in [-0.39, 0.29) is 0 Å². The van der Waals surface area contributed by atoms with Crippen molar-refractivity contribution in [2.45, 2.75) is 52.6 Å². The third-order valence-corrected chi connectivity index (χ3v) is 2.91. The summed E-state index contributed by atoms with van der Waals surface area (Å²) in [5.41, 5.74) is 1.49. The molecule has 0 aromatic rings. The normalized spacial score (nSPS) is 28.7. The highest BCUT2D eigenvalue weighted by Crippen LogP contribution is 2.26. The highest BCUT2D eigenvalue weighted by molar-refractivity contribution is 5.08. The van der Waals surface area contributed by atoms with Crippen molar-refractivity contribution in [2.75, 3.05) is 6.61 Å². The molecule has 0 aromatic heterocycles. The fraction of sp³-hybridized carbons (Fsp3) is 0.833. The van der Waals surface area contributed by atoms with Crippen LogP contribution in [-0.2, 0) is 4.74 Å². The molecular weight excluding hydrogens is 160 g/mol. The first-order valence-electron chi connectivity index (χ1n) is 5.62. The number of hydrogen-bond donors (Lipinski definition) is 0. The van der Waals surface area contributed by atoms with Crippen LogP contribution in [0.4, 0.5) is 0 Å². The molecule has 1 heterocycles. The average Bonchev–Trinajstić information content (AvgIpc) is 2.19. The Labute approximate surface area is 82.2 Å². The van der Waals surface area contributed by atoms with E-state index in [1.54, 1.807) is 0 Å². The molecule has 0 saturated heterocycles. The highest BCUT2D eigenvalue weighted by atomic mass is 16.5. The lowest BCUT2D eigenvalue weighted by molar-refractivity contribution is 0.0191. The van der Waals surface area contributed by atoms with Gasteiger partial charge in [0.15, 0.2) is 0 Å². The first-order chi connectivity index (χ1) is 6.31. The van der Waals surface area contributed by atoms with E-state index in [0.29, 0.717) is 12.0 Å². The molecule has 0 N–H and O–H groups in total. The van der Waals surface area contributed by atoms with E-state index in [1.165, 1.54) is 24.8 Å². The van der Waals surface area contributed by atoms with Crippen LogP contribution in [0.2, 0.25) is 0 Å². The second-order valence-electron chi connectivity index (χ2n) is 3.89. The molecule has 76 valence electrons. The summed E-state index contributed by atoms with van der Waals surface area (Å²) < 4.78 is 5.86. The van der Waals surface area contributed by atoms with E-state index in [4.69, 9.17) is 4.74 Å². The van der Waals surface area contributed by atoms with Gasteiger partial charge in [0.1, 0.15) is 0 Å². The van der Waals surface area contributed by atoms with Gasteiger partial charge in [-0.15, -0.1) is 0 Å². The Morgan fingerprint density at radius 2 is 2.15 bits per heavy atom. The van der Waals surface area contributed by atoms with Crippen LogP contribution in [0.1, 0.15) is 46.5 Å². The SMILES string of the molecule is CCCC1OCC(CC)=CC1CC. The van der Waals surface area contributed by atoms with Crippen molar-refractivity contribution in [3.05, 3.63) is 11.6 Å². The zero-order chi connectivity index (χ0) is 9.68. The largest absolute Gasteiger partial charge is 0.373 e. The van der Waals surface area contributed by atoms with Gasteiger partial charge in [-0.05, 0) is 24.8 Å². The van der Waals surface area contributed by atoms with Gasteiger partial charge in [0, 0.05) is 5.92 Å². The number of ether oxygens (including phenoxy) is 1. The fourth-order valence-electron chi connectivity index (χ4n) is 1.98. The van der Waals surface area contributed by atoms with Crippen LogP contribution in [-0.4, -0.2) is 12.7 Å². The molecule has 13 heavy (non-hydrogen) atoms. The van der Waals surface area contributed by atoms with Gasteiger partial charge in [0.25, 0.3) is 0 Å². The Morgan fingerprint density at radius 1 is 1.38 bits per heavy atom. The summed E-state index contributed by atoms with van der Waals surface area (Å²) in [4.78, 5) is 0. The molecule has 1 aliphatic rings. The second kappa shape index (κ2) is 5.43. The molecule has 0 fully saturated rings. The lowest BCUT2D eigenvalue weighted by Gasteiger charge is -2.29. The van der Waals surface area contributed by atoms with Gasteiger partial charge in [0.2, 0.25) is 0 Å². The maximum absolute atomic E-state index is 5.86. The van der Waals surface area contributed by atoms with Crippen LogP contribution in [0.25, 0.3) is 0 Å². The van der Waals surface area contributed by atoms with Crippen molar-refractivity contribution in [3.63, 3.8) is 0 Å². The summed E-state index contributed by atoms with van der Waals surface area (Å²) in [6, 6.07) is 0. The monoisotopic (exact) mass is 182 g/mol. The van der Waals surface area contributed by atoms with E-state index in [0.717, 1.165) is 13.0 Å². The van der Waals surface area contributed by atoms with E-state index in [2.05, 4.69) is 26.8 Å². The molecule has 0 spiro atoms. The van der Waals surface area contributed by atoms with Crippen LogP contribution in [0, 0.1) is 5.92 Å². The summed E-state index contributed by atoms with van der Waals surface area (Å²) in [6.45, 7) is 7.57. The van der Waals surface area contributed by atoms with Crippen molar-refractivity contribution in [1.29, 1.82) is 0 Å². The standard InChI is InChI=1S/C12H22O/c1-4-7-12-11(6-3)8-10(5-2)9-13-12/h8,11-12H,4-7,9H2,1-3H3. The highest BCUT2D eigenvalue weighted by Gasteiger charge is 2.22. The maximum Gasteiger partial charge on any atom is 0.0680 e. The number of rotatable bonds is 4. The summed E-state index contributed by atoms with van der Waals surface area (Å²) >= 11 is 0. The molecule has 1 aliphatic heterocycles. The lowest BCUT2D eigenvalue weighted by atomic mass is 9.91. The van der Waals surface area contributed by atoms with Crippen molar-refractivity contribution < 1.29 is 4.74 Å². The summed E-state index contributed by atoms with van der Waals surface area (Å²) in [6.07, 6.45) is 7.75. The predicted molar refractivity (Wildman–Crippen MR) is 56.8 cm³/mol. The minimum atomic E-state index is 0.491. The first-order valence-corrected chi connectivity index (χ1v) is 5.62. The molecule has 1 nitrogen and oxygen atoms in total. The third kappa shape index (κ3) is 2.84. The molecule has 0 saturated carbocycles. The summed E-state index contributed by atoms with van der Waals surface area (Å²) in [7, 11) is 0. The van der Waals surface area contributed by atoms with Crippen molar-refractivity contribution in [3.8, 4) is 0 Å². The third-order valence-electron chi connectivity index (χ3n) is 2.91. The Bertz CT molecular complexity index is 172. The van der Waals surface area contributed by atoms with Crippen LogP contribution >= 0.6 is 0 Å². The molecule has 1 heteroatoms. The molecule has 1 rings (SSSR count). The molecule has 0 aliphatic carbocycles. The Morgan fingerprint density at radius 3 is 2.69 bits per heavy atom.